The molecule has 0 unspecified atom stereocenters. The Morgan fingerprint density at radius 3 is 2.83 bits per heavy atom. The predicted octanol–water partition coefficient (Wildman–Crippen LogP) is 1.85. The van der Waals surface area contributed by atoms with Crippen molar-refractivity contribution in [2.75, 3.05) is 24.3 Å². The lowest BCUT2D eigenvalue weighted by atomic mass is 10.3. The second kappa shape index (κ2) is 6.95. The summed E-state index contributed by atoms with van der Waals surface area (Å²) in [6, 6.07) is 3.30. The Kier molecular flexibility index (Phi) is 5.19. The molecule has 0 saturated carbocycles. The van der Waals surface area contributed by atoms with Crippen LogP contribution < -0.4 is 4.72 Å². The first-order valence-corrected chi connectivity index (χ1v) is 8.64. The summed E-state index contributed by atoms with van der Waals surface area (Å²) in [4.78, 5) is 16.2. The van der Waals surface area contributed by atoms with E-state index in [9.17, 15) is 17.6 Å². The number of fused-ring (bicyclic) bond motifs is 1. The van der Waals surface area contributed by atoms with Crippen LogP contribution in [0.1, 0.15) is 23.3 Å². The van der Waals surface area contributed by atoms with Crippen molar-refractivity contribution >= 4 is 32.7 Å². The molecule has 0 amide bonds. The first-order chi connectivity index (χ1) is 10.9. The summed E-state index contributed by atoms with van der Waals surface area (Å²) in [6.45, 7) is -0.568. The van der Waals surface area contributed by atoms with Crippen molar-refractivity contribution in [3.05, 3.63) is 24.0 Å². The summed E-state index contributed by atoms with van der Waals surface area (Å²) in [5, 5.41) is 0.490. The van der Waals surface area contributed by atoms with E-state index in [1.807, 2.05) is 0 Å². The Morgan fingerprint density at radius 1 is 1.43 bits per heavy atom. The number of aromatic nitrogens is 2. The first-order valence-electron chi connectivity index (χ1n) is 6.99. The van der Waals surface area contributed by atoms with Crippen LogP contribution in [0.2, 0.25) is 0 Å². The number of esters is 1. The average Bonchev–Trinajstić information content (AvgIpc) is 2.79. The molecular weight excluding hydrogens is 325 g/mol. The summed E-state index contributed by atoms with van der Waals surface area (Å²) in [5.74, 6) is -0.902. The molecule has 0 saturated heterocycles. The van der Waals surface area contributed by atoms with E-state index >= 15 is 0 Å². The van der Waals surface area contributed by atoms with Gasteiger partial charge in [-0.1, -0.05) is 0 Å². The lowest BCUT2D eigenvalue weighted by Gasteiger charge is -2.09. The number of carbonyl (C=O) groups excluding carboxylic acids is 1. The van der Waals surface area contributed by atoms with Gasteiger partial charge in [0.15, 0.2) is 5.69 Å². The quantitative estimate of drug-likeness (QED) is 0.612. The zero-order valence-electron chi connectivity index (χ0n) is 12.9. The van der Waals surface area contributed by atoms with Crippen LogP contribution in [0, 0.1) is 0 Å². The van der Waals surface area contributed by atoms with Crippen LogP contribution >= 0.6 is 0 Å². The molecule has 2 aromatic rings. The number of hydrogen-bond donors (Lipinski definition) is 1. The second-order valence-electron chi connectivity index (χ2n) is 4.97. The van der Waals surface area contributed by atoms with Crippen LogP contribution in [-0.4, -0.2) is 43.5 Å². The fraction of sp³-hybridized carbons (Fsp3) is 0.429. The van der Waals surface area contributed by atoms with Crippen molar-refractivity contribution < 1.29 is 22.3 Å². The monoisotopic (exact) mass is 343 g/mol. The third-order valence-corrected chi connectivity index (χ3v) is 4.72. The summed E-state index contributed by atoms with van der Waals surface area (Å²) < 4.78 is 45.1. The highest BCUT2D eigenvalue weighted by atomic mass is 32.2. The molecule has 0 atom stereocenters. The highest BCUT2D eigenvalue weighted by molar-refractivity contribution is 7.92. The van der Waals surface area contributed by atoms with E-state index in [1.54, 1.807) is 25.4 Å². The lowest BCUT2D eigenvalue weighted by molar-refractivity contribution is 0.0591. The number of halogens is 1. The number of nitrogens with one attached hydrogen (secondary N) is 1. The number of pyridine rings is 1. The Labute approximate surface area is 133 Å². The Hall–Kier alpha value is -2.16. The molecule has 0 fully saturated rings. The Balaban J connectivity index is 2.48. The molecule has 0 aromatic carbocycles. The molecule has 0 aliphatic rings. The topological polar surface area (TPSA) is 90.3 Å². The number of unbranched alkanes of at least 4 members (excludes halogenated alkanes) is 1. The maximum atomic E-state index is 12.2. The van der Waals surface area contributed by atoms with Crippen molar-refractivity contribution in [3.8, 4) is 0 Å². The maximum absolute atomic E-state index is 12.2. The van der Waals surface area contributed by atoms with Gasteiger partial charge in [-0.05, 0) is 25.0 Å². The molecule has 0 aliphatic heterocycles. The number of methoxy groups -OCH3 is 1. The van der Waals surface area contributed by atoms with Gasteiger partial charge in [-0.2, -0.15) is 0 Å². The van der Waals surface area contributed by atoms with Crippen molar-refractivity contribution in [1.82, 2.24) is 9.55 Å². The van der Waals surface area contributed by atoms with Gasteiger partial charge in [0, 0.05) is 18.6 Å². The van der Waals surface area contributed by atoms with Crippen LogP contribution in [0.3, 0.4) is 0 Å². The van der Waals surface area contributed by atoms with Crippen molar-refractivity contribution in [1.29, 1.82) is 0 Å². The van der Waals surface area contributed by atoms with Crippen molar-refractivity contribution in [3.63, 3.8) is 0 Å². The number of rotatable bonds is 7. The summed E-state index contributed by atoms with van der Waals surface area (Å²) in [7, 11) is -0.900. The van der Waals surface area contributed by atoms with E-state index in [2.05, 4.69) is 9.71 Å². The molecule has 9 heteroatoms. The molecule has 0 radical (unpaired) electrons. The Morgan fingerprint density at radius 2 is 2.17 bits per heavy atom. The van der Waals surface area contributed by atoms with Gasteiger partial charge in [0.2, 0.25) is 10.0 Å². The molecule has 2 rings (SSSR count). The third kappa shape index (κ3) is 3.61. The smallest absolute Gasteiger partial charge is 0.356 e. The minimum atomic E-state index is -3.71. The SMILES string of the molecule is COC(=O)c1c(NS(=O)(=O)CCCCF)c2cccnc2n1C. The fourth-order valence-electron chi connectivity index (χ4n) is 2.29. The minimum absolute atomic E-state index is 0.0651. The van der Waals surface area contributed by atoms with Crippen molar-refractivity contribution in [2.24, 2.45) is 7.05 Å². The molecule has 126 valence electrons. The number of anilines is 1. The lowest BCUT2D eigenvalue weighted by Crippen LogP contribution is -2.19. The van der Waals surface area contributed by atoms with Gasteiger partial charge in [-0.15, -0.1) is 0 Å². The number of carbonyl (C=O) groups is 1. The first kappa shape index (κ1) is 17.2. The second-order valence-corrected chi connectivity index (χ2v) is 6.81. The summed E-state index contributed by atoms with van der Waals surface area (Å²) in [6.07, 6.45) is 1.91. The van der Waals surface area contributed by atoms with Crippen LogP contribution in [-0.2, 0) is 21.8 Å². The zero-order chi connectivity index (χ0) is 17.0. The highest BCUT2D eigenvalue weighted by Crippen LogP contribution is 2.30. The van der Waals surface area contributed by atoms with E-state index in [1.165, 1.54) is 11.7 Å². The minimum Gasteiger partial charge on any atom is -0.464 e. The van der Waals surface area contributed by atoms with E-state index < -0.39 is 22.7 Å². The molecule has 2 aromatic heterocycles. The standard InChI is InChI=1S/C14H18FN3O4S/c1-18-12(14(19)22-2)11(10-6-5-8-16-13(10)18)17-23(20,21)9-4-3-7-15/h5-6,8,17H,3-4,7,9H2,1-2H3. The van der Waals surface area contributed by atoms with Crippen LogP contribution in [0.25, 0.3) is 11.0 Å². The van der Waals surface area contributed by atoms with Gasteiger partial charge in [-0.3, -0.25) is 9.11 Å². The zero-order valence-corrected chi connectivity index (χ0v) is 13.7. The van der Waals surface area contributed by atoms with E-state index in [4.69, 9.17) is 4.74 Å². The van der Waals surface area contributed by atoms with Gasteiger partial charge in [-0.25, -0.2) is 18.2 Å². The van der Waals surface area contributed by atoms with Crippen LogP contribution in [0.4, 0.5) is 10.1 Å². The number of aryl methyl sites for hydroxylation is 1. The highest BCUT2D eigenvalue weighted by Gasteiger charge is 2.25. The fourth-order valence-corrected chi connectivity index (χ4v) is 3.50. The van der Waals surface area contributed by atoms with Crippen LogP contribution in [0.5, 0.6) is 0 Å². The molecule has 7 nitrogen and oxygen atoms in total. The van der Waals surface area contributed by atoms with E-state index in [0.717, 1.165) is 0 Å². The van der Waals surface area contributed by atoms with E-state index in [-0.39, 0.29) is 30.0 Å². The maximum Gasteiger partial charge on any atom is 0.356 e. The number of ether oxygens (including phenoxy) is 1. The van der Waals surface area contributed by atoms with E-state index in [0.29, 0.717) is 11.0 Å². The number of sulfonamides is 1. The van der Waals surface area contributed by atoms with Crippen molar-refractivity contribution in [2.45, 2.75) is 12.8 Å². The van der Waals surface area contributed by atoms with Gasteiger partial charge in [0.1, 0.15) is 5.65 Å². The predicted molar refractivity (Wildman–Crippen MR) is 84.7 cm³/mol. The largest absolute Gasteiger partial charge is 0.464 e. The third-order valence-electron chi connectivity index (χ3n) is 3.38. The average molecular weight is 343 g/mol. The number of alkyl halides is 1. The molecule has 23 heavy (non-hydrogen) atoms. The summed E-state index contributed by atoms with van der Waals surface area (Å²) >= 11 is 0. The van der Waals surface area contributed by atoms with Gasteiger partial charge < -0.3 is 9.30 Å². The van der Waals surface area contributed by atoms with Gasteiger partial charge in [0.05, 0.1) is 25.2 Å². The molecule has 0 bridgehead atoms. The summed E-state index contributed by atoms with van der Waals surface area (Å²) in [5.41, 5.74) is 0.646. The molecular formula is C14H18FN3O4S. The van der Waals surface area contributed by atoms with Crippen LogP contribution in [0.15, 0.2) is 18.3 Å². The molecule has 0 aliphatic carbocycles. The van der Waals surface area contributed by atoms with Gasteiger partial charge in [0.25, 0.3) is 0 Å². The van der Waals surface area contributed by atoms with Gasteiger partial charge >= 0.3 is 5.97 Å². The Bertz CT molecular complexity index is 817. The molecule has 2 heterocycles. The number of nitrogens with zero attached hydrogens (tertiary/aromatic N) is 2. The normalized spacial score (nSPS) is 11.6. The molecule has 1 N–H and O–H groups in total. The molecule has 0 spiro atoms. The number of hydrogen-bond acceptors (Lipinski definition) is 5.